The molecule has 0 radical (unpaired) electrons. The Morgan fingerprint density at radius 2 is 1.80 bits per heavy atom. The Kier molecular flexibility index (Phi) is 3.97. The van der Waals surface area contributed by atoms with E-state index in [2.05, 4.69) is 0 Å². The molecular weight excluding hydrogens is 190 g/mol. The van der Waals surface area contributed by atoms with Gasteiger partial charge in [-0.2, -0.15) is 0 Å². The van der Waals surface area contributed by atoms with Gasteiger partial charge in [-0.1, -0.05) is 0 Å². The summed E-state index contributed by atoms with van der Waals surface area (Å²) in [7, 11) is 1.68. The van der Waals surface area contributed by atoms with Crippen molar-refractivity contribution in [1.29, 1.82) is 0 Å². The molecule has 0 aliphatic rings. The van der Waals surface area contributed by atoms with E-state index in [1.54, 1.807) is 7.11 Å². The summed E-state index contributed by atoms with van der Waals surface area (Å²) in [5, 5.41) is 0. The molecule has 3 nitrogen and oxygen atoms in total. The number of benzene rings is 1. The fraction of sp³-hybridized carbons (Fsp3) is 0.500. The minimum absolute atomic E-state index is 0.0985. The highest BCUT2D eigenvalue weighted by Gasteiger charge is 2.07. The molecule has 1 aromatic rings. The van der Waals surface area contributed by atoms with E-state index in [4.69, 9.17) is 15.2 Å². The fourth-order valence-corrected chi connectivity index (χ4v) is 1.48. The molecule has 1 rings (SSSR count). The van der Waals surface area contributed by atoms with Gasteiger partial charge in [-0.3, -0.25) is 0 Å². The van der Waals surface area contributed by atoms with Gasteiger partial charge in [0, 0.05) is 12.8 Å². The number of nitrogen functional groups attached to an aromatic ring is 1. The van der Waals surface area contributed by atoms with Crippen molar-refractivity contribution in [3.63, 3.8) is 0 Å². The molecule has 0 spiro atoms. The zero-order valence-corrected chi connectivity index (χ0v) is 9.83. The van der Waals surface area contributed by atoms with E-state index in [1.165, 1.54) is 0 Å². The number of rotatable bonds is 4. The third kappa shape index (κ3) is 3.13. The molecule has 0 aliphatic carbocycles. The van der Waals surface area contributed by atoms with Gasteiger partial charge in [-0.05, 0) is 44.0 Å². The molecule has 2 N–H and O–H groups in total. The van der Waals surface area contributed by atoms with Gasteiger partial charge in [-0.25, -0.2) is 0 Å². The van der Waals surface area contributed by atoms with Crippen LogP contribution in [-0.4, -0.2) is 19.8 Å². The lowest BCUT2D eigenvalue weighted by atomic mass is 10.1. The first kappa shape index (κ1) is 11.9. The van der Waals surface area contributed by atoms with Crippen LogP contribution in [0.5, 0.6) is 5.75 Å². The van der Waals surface area contributed by atoms with Crippen LogP contribution in [0.25, 0.3) is 0 Å². The van der Waals surface area contributed by atoms with Gasteiger partial charge >= 0.3 is 0 Å². The molecule has 1 atom stereocenters. The van der Waals surface area contributed by atoms with Crippen LogP contribution in [0.1, 0.15) is 18.1 Å². The normalized spacial score (nSPS) is 12.5. The Bertz CT molecular complexity index is 313. The number of aryl methyl sites for hydroxylation is 2. The van der Waals surface area contributed by atoms with Crippen molar-refractivity contribution >= 4 is 5.69 Å². The average molecular weight is 209 g/mol. The van der Waals surface area contributed by atoms with Crippen LogP contribution < -0.4 is 10.5 Å². The molecule has 0 fully saturated rings. The average Bonchev–Trinajstić information content (AvgIpc) is 2.15. The summed E-state index contributed by atoms with van der Waals surface area (Å²) in [6.07, 6.45) is 0.0985. The Morgan fingerprint density at radius 1 is 1.27 bits per heavy atom. The fourth-order valence-electron chi connectivity index (χ4n) is 1.48. The van der Waals surface area contributed by atoms with Crippen LogP contribution in [0.15, 0.2) is 12.1 Å². The molecule has 1 aromatic carbocycles. The van der Waals surface area contributed by atoms with Crippen LogP contribution in [0, 0.1) is 13.8 Å². The van der Waals surface area contributed by atoms with E-state index in [0.29, 0.717) is 6.61 Å². The van der Waals surface area contributed by atoms with Gasteiger partial charge in [0.25, 0.3) is 0 Å². The van der Waals surface area contributed by atoms with Crippen molar-refractivity contribution in [2.45, 2.75) is 26.9 Å². The van der Waals surface area contributed by atoms with Crippen molar-refractivity contribution in [2.75, 3.05) is 19.5 Å². The standard InChI is InChI=1S/C12H19NO2/c1-8-5-11(13)6-9(2)12(8)15-7-10(3)14-4/h5-6,10H,7,13H2,1-4H3. The highest BCUT2D eigenvalue weighted by Crippen LogP contribution is 2.25. The van der Waals surface area contributed by atoms with Gasteiger partial charge in [0.05, 0.1) is 6.10 Å². The Hall–Kier alpha value is -1.22. The zero-order chi connectivity index (χ0) is 11.4. The maximum absolute atomic E-state index is 5.73. The zero-order valence-electron chi connectivity index (χ0n) is 9.83. The highest BCUT2D eigenvalue weighted by molar-refractivity contribution is 5.52. The van der Waals surface area contributed by atoms with E-state index in [-0.39, 0.29) is 6.10 Å². The molecule has 3 heteroatoms. The number of anilines is 1. The van der Waals surface area contributed by atoms with E-state index in [1.807, 2.05) is 32.9 Å². The molecule has 0 aliphatic heterocycles. The summed E-state index contributed by atoms with van der Waals surface area (Å²) in [6.45, 7) is 6.52. The van der Waals surface area contributed by atoms with E-state index < -0.39 is 0 Å². The molecule has 0 amide bonds. The molecule has 1 unspecified atom stereocenters. The van der Waals surface area contributed by atoms with Crippen molar-refractivity contribution in [3.8, 4) is 5.75 Å². The summed E-state index contributed by atoms with van der Waals surface area (Å²) in [5.74, 6) is 0.910. The predicted octanol–water partition coefficient (Wildman–Crippen LogP) is 2.30. The summed E-state index contributed by atoms with van der Waals surface area (Å²) in [6, 6.07) is 3.83. The Labute approximate surface area is 91.2 Å². The summed E-state index contributed by atoms with van der Waals surface area (Å²) in [4.78, 5) is 0. The molecule has 0 aromatic heterocycles. The van der Waals surface area contributed by atoms with E-state index in [0.717, 1.165) is 22.6 Å². The predicted molar refractivity (Wildman–Crippen MR) is 62.3 cm³/mol. The number of nitrogens with two attached hydrogens (primary N) is 1. The van der Waals surface area contributed by atoms with Gasteiger partial charge in [0.2, 0.25) is 0 Å². The van der Waals surface area contributed by atoms with Gasteiger partial charge in [0.1, 0.15) is 12.4 Å². The van der Waals surface area contributed by atoms with Gasteiger partial charge < -0.3 is 15.2 Å². The van der Waals surface area contributed by atoms with Crippen LogP contribution >= 0.6 is 0 Å². The first-order valence-electron chi connectivity index (χ1n) is 5.07. The molecule has 0 saturated heterocycles. The van der Waals surface area contributed by atoms with Crippen LogP contribution in [0.4, 0.5) is 5.69 Å². The van der Waals surface area contributed by atoms with Crippen molar-refractivity contribution in [1.82, 2.24) is 0 Å². The lowest BCUT2D eigenvalue weighted by Crippen LogP contribution is -2.16. The van der Waals surface area contributed by atoms with Crippen LogP contribution in [0.2, 0.25) is 0 Å². The molecular formula is C12H19NO2. The maximum Gasteiger partial charge on any atom is 0.125 e. The molecule has 0 saturated carbocycles. The quantitative estimate of drug-likeness (QED) is 0.774. The largest absolute Gasteiger partial charge is 0.490 e. The van der Waals surface area contributed by atoms with Crippen LogP contribution in [0.3, 0.4) is 0 Å². The number of hydrogen-bond acceptors (Lipinski definition) is 3. The highest BCUT2D eigenvalue weighted by atomic mass is 16.5. The number of ether oxygens (including phenoxy) is 2. The van der Waals surface area contributed by atoms with E-state index >= 15 is 0 Å². The lowest BCUT2D eigenvalue weighted by molar-refractivity contribution is 0.0712. The van der Waals surface area contributed by atoms with Crippen LogP contribution in [-0.2, 0) is 4.74 Å². The minimum atomic E-state index is 0.0985. The second kappa shape index (κ2) is 5.03. The monoisotopic (exact) mass is 209 g/mol. The Balaban J connectivity index is 2.77. The molecule has 84 valence electrons. The Morgan fingerprint density at radius 3 is 2.27 bits per heavy atom. The number of methoxy groups -OCH3 is 1. The molecule has 0 heterocycles. The molecule has 15 heavy (non-hydrogen) atoms. The summed E-state index contributed by atoms with van der Waals surface area (Å²) in [5.41, 5.74) is 8.64. The minimum Gasteiger partial charge on any atom is -0.490 e. The maximum atomic E-state index is 5.73. The van der Waals surface area contributed by atoms with E-state index in [9.17, 15) is 0 Å². The topological polar surface area (TPSA) is 44.5 Å². The second-order valence-corrected chi connectivity index (χ2v) is 3.84. The van der Waals surface area contributed by atoms with Gasteiger partial charge in [-0.15, -0.1) is 0 Å². The lowest BCUT2D eigenvalue weighted by Gasteiger charge is -2.15. The first-order valence-corrected chi connectivity index (χ1v) is 5.07. The summed E-state index contributed by atoms with van der Waals surface area (Å²) >= 11 is 0. The SMILES string of the molecule is COC(C)COc1c(C)cc(N)cc1C. The second-order valence-electron chi connectivity index (χ2n) is 3.84. The number of hydrogen-bond donors (Lipinski definition) is 1. The van der Waals surface area contributed by atoms with Gasteiger partial charge in [0.15, 0.2) is 0 Å². The third-order valence-electron chi connectivity index (χ3n) is 2.35. The van der Waals surface area contributed by atoms with Crippen molar-refractivity contribution in [3.05, 3.63) is 23.3 Å². The smallest absolute Gasteiger partial charge is 0.125 e. The third-order valence-corrected chi connectivity index (χ3v) is 2.35. The van der Waals surface area contributed by atoms with Crippen molar-refractivity contribution < 1.29 is 9.47 Å². The van der Waals surface area contributed by atoms with Crippen molar-refractivity contribution in [2.24, 2.45) is 0 Å². The first-order chi connectivity index (χ1) is 7.04. The molecule has 0 bridgehead atoms. The summed E-state index contributed by atoms with van der Waals surface area (Å²) < 4.78 is 10.8.